The third-order valence-corrected chi connectivity index (χ3v) is 6.69. The average molecular weight is 574 g/mol. The number of anilines is 4. The van der Waals surface area contributed by atoms with Crippen molar-refractivity contribution in [2.45, 2.75) is 16.7 Å². The van der Waals surface area contributed by atoms with E-state index in [-0.39, 0.29) is 27.6 Å². The second kappa shape index (κ2) is 12.3. The lowest BCUT2D eigenvalue weighted by atomic mass is 10.1. The first-order valence-electron chi connectivity index (χ1n) is 10.8. The van der Waals surface area contributed by atoms with Gasteiger partial charge in [-0.05, 0) is 65.5 Å². The van der Waals surface area contributed by atoms with Crippen LogP contribution in [0.3, 0.4) is 0 Å². The fourth-order valence-corrected chi connectivity index (χ4v) is 4.74. The van der Waals surface area contributed by atoms with Gasteiger partial charge in [-0.3, -0.25) is 4.55 Å². The fraction of sp³-hybridized carbons (Fsp3) is 0.0417. The predicted octanol–water partition coefficient (Wildman–Crippen LogP) is 6.17. The molecule has 38 heavy (non-hydrogen) atoms. The second-order valence-corrected chi connectivity index (χ2v) is 10.2. The number of para-hydroxylation sites is 1. The molecule has 11 nitrogen and oxygen atoms in total. The van der Waals surface area contributed by atoms with E-state index in [2.05, 4.69) is 35.0 Å². The van der Waals surface area contributed by atoms with Crippen LogP contribution in [0.25, 0.3) is 12.2 Å². The van der Waals surface area contributed by atoms with Crippen LogP contribution in [0.1, 0.15) is 16.7 Å². The summed E-state index contributed by atoms with van der Waals surface area (Å²) < 4.78 is 37.8. The first-order valence-corrected chi connectivity index (χ1v) is 13.3. The summed E-state index contributed by atoms with van der Waals surface area (Å²) in [5, 5.41) is 18.4. The van der Waals surface area contributed by atoms with Crippen molar-refractivity contribution in [3.8, 4) is 0 Å². The molecule has 1 aromatic heterocycles. The number of halogens is 1. The molecular weight excluding hydrogens is 554 g/mol. The highest BCUT2D eigenvalue weighted by molar-refractivity contribution is 7.94. The molecule has 0 spiro atoms. The summed E-state index contributed by atoms with van der Waals surface area (Å²) in [6.45, 7) is 1.72. The van der Waals surface area contributed by atoms with Crippen molar-refractivity contribution < 1.29 is 27.6 Å². The molecule has 4 aromatic rings. The molecule has 0 aliphatic carbocycles. The third-order valence-electron chi connectivity index (χ3n) is 4.95. The van der Waals surface area contributed by atoms with E-state index >= 15 is 0 Å². The minimum absolute atomic E-state index is 0.0279. The van der Waals surface area contributed by atoms with Gasteiger partial charge in [-0.2, -0.15) is 23.4 Å². The monoisotopic (exact) mass is 573 g/mol. The smallest absolute Gasteiger partial charge is 0.295 e. The molecule has 0 aliphatic rings. The largest absolute Gasteiger partial charge is 0.324 e. The van der Waals surface area contributed by atoms with Crippen molar-refractivity contribution in [2.24, 2.45) is 0 Å². The van der Waals surface area contributed by atoms with Crippen molar-refractivity contribution in [2.75, 3.05) is 10.6 Å². The van der Waals surface area contributed by atoms with E-state index in [1.165, 1.54) is 12.1 Å². The second-order valence-electron chi connectivity index (χ2n) is 7.70. The van der Waals surface area contributed by atoms with Crippen LogP contribution >= 0.6 is 23.6 Å². The first kappa shape index (κ1) is 27.5. The van der Waals surface area contributed by atoms with Crippen molar-refractivity contribution >= 4 is 69.2 Å². The van der Waals surface area contributed by atoms with Crippen LogP contribution in [0, 0.1) is 6.92 Å². The van der Waals surface area contributed by atoms with Gasteiger partial charge in [-0.25, -0.2) is 5.26 Å². The Kier molecular flexibility index (Phi) is 8.91. The van der Waals surface area contributed by atoms with Gasteiger partial charge in [0, 0.05) is 16.3 Å². The van der Waals surface area contributed by atoms with Gasteiger partial charge in [0.2, 0.25) is 17.2 Å². The van der Waals surface area contributed by atoms with Crippen molar-refractivity contribution in [3.05, 3.63) is 88.7 Å². The normalized spacial score (nSPS) is 11.6. The number of nitrogens with zero attached hydrogens (tertiary/aromatic N) is 3. The minimum atomic E-state index is -4.43. The van der Waals surface area contributed by atoms with Gasteiger partial charge in [-0.1, -0.05) is 53.6 Å². The molecule has 4 N–H and O–H groups in total. The van der Waals surface area contributed by atoms with Crippen molar-refractivity contribution in [1.82, 2.24) is 15.0 Å². The van der Waals surface area contributed by atoms with Crippen molar-refractivity contribution in [3.63, 3.8) is 0 Å². The Bertz CT molecular complexity index is 1570. The molecule has 0 amide bonds. The van der Waals surface area contributed by atoms with E-state index in [0.717, 1.165) is 5.69 Å². The maximum atomic E-state index is 11.8. The van der Waals surface area contributed by atoms with Crippen LogP contribution in [0.4, 0.5) is 23.3 Å². The molecule has 3 aromatic carbocycles. The van der Waals surface area contributed by atoms with Gasteiger partial charge in [-0.15, -0.1) is 4.33 Å². The van der Waals surface area contributed by atoms with Gasteiger partial charge in [0.05, 0.1) is 12.0 Å². The predicted molar refractivity (Wildman–Crippen MR) is 145 cm³/mol. The summed E-state index contributed by atoms with van der Waals surface area (Å²) in [7, 11) is -4.43. The van der Waals surface area contributed by atoms with E-state index in [0.29, 0.717) is 33.8 Å². The van der Waals surface area contributed by atoms with E-state index in [1.807, 2.05) is 30.3 Å². The summed E-state index contributed by atoms with van der Waals surface area (Å²) in [6, 6.07) is 19.0. The summed E-state index contributed by atoms with van der Waals surface area (Å²) >= 11 is 6.79. The standard InChI is InChI=1S/C24H20ClN5O6S2/c1-15-7-8-17(21(13-15)38(32,33)34)10-9-16-11-12-19(14-20(16)37-36-35-31)27-24-29-22(25)28-23(30-24)26-18-5-3-2-4-6-18/h2-14,31H,1H3,(H,32,33,34)(H2,26,27,28,29,30)/b10-9+. The number of aromatic nitrogens is 3. The van der Waals surface area contributed by atoms with Crippen LogP contribution in [-0.4, -0.2) is 33.2 Å². The lowest BCUT2D eigenvalue weighted by molar-refractivity contribution is -0.432. The molecule has 14 heteroatoms. The Morgan fingerprint density at radius 1 is 0.895 bits per heavy atom. The van der Waals surface area contributed by atoms with E-state index < -0.39 is 10.1 Å². The highest BCUT2D eigenvalue weighted by Gasteiger charge is 2.14. The van der Waals surface area contributed by atoms with Gasteiger partial charge < -0.3 is 10.6 Å². The maximum absolute atomic E-state index is 11.8. The molecule has 1 heterocycles. The summed E-state index contributed by atoms with van der Waals surface area (Å²) in [5.41, 5.74) is 2.85. The lowest BCUT2D eigenvalue weighted by Crippen LogP contribution is -2.04. The summed E-state index contributed by atoms with van der Waals surface area (Å²) in [4.78, 5) is 12.8. The molecule has 0 bridgehead atoms. The van der Waals surface area contributed by atoms with Crippen LogP contribution in [0.5, 0.6) is 0 Å². The molecule has 0 saturated heterocycles. The lowest BCUT2D eigenvalue weighted by Gasteiger charge is -2.11. The molecule has 0 fully saturated rings. The molecule has 196 valence electrons. The zero-order chi connectivity index (χ0) is 27.1. The Labute approximate surface area is 227 Å². The number of aryl methyl sites for hydroxylation is 1. The zero-order valence-corrected chi connectivity index (χ0v) is 22.0. The number of nitrogens with one attached hydrogen (secondary N) is 2. The molecular formula is C24H20ClN5O6S2. The van der Waals surface area contributed by atoms with Gasteiger partial charge in [0.1, 0.15) is 4.90 Å². The van der Waals surface area contributed by atoms with Crippen LogP contribution in [0.15, 0.2) is 76.5 Å². The Morgan fingerprint density at radius 2 is 1.55 bits per heavy atom. The maximum Gasteiger partial charge on any atom is 0.295 e. The SMILES string of the molecule is Cc1ccc(/C=C/c2ccc(Nc3nc(Cl)nc(Nc4ccccc4)n3)cc2SOOO)c(S(=O)(=O)O)c1. The zero-order valence-electron chi connectivity index (χ0n) is 19.6. The molecule has 0 aliphatic heterocycles. The van der Waals surface area contributed by atoms with Gasteiger partial charge in [0.15, 0.2) is 0 Å². The Hall–Kier alpha value is -3.56. The van der Waals surface area contributed by atoms with Crippen LogP contribution in [-0.2, 0) is 19.5 Å². The van der Waals surface area contributed by atoms with E-state index in [9.17, 15) is 13.0 Å². The Balaban J connectivity index is 1.61. The summed E-state index contributed by atoms with van der Waals surface area (Å²) in [6.07, 6.45) is 3.15. The molecule has 0 radical (unpaired) electrons. The van der Waals surface area contributed by atoms with E-state index in [1.54, 1.807) is 43.3 Å². The Morgan fingerprint density at radius 3 is 2.24 bits per heavy atom. The summed E-state index contributed by atoms with van der Waals surface area (Å²) in [5.74, 6) is 0.400. The first-order chi connectivity index (χ1) is 18.2. The minimum Gasteiger partial charge on any atom is -0.324 e. The average Bonchev–Trinajstić information content (AvgIpc) is 2.87. The fourth-order valence-electron chi connectivity index (χ4n) is 3.30. The van der Waals surface area contributed by atoms with Gasteiger partial charge in [0.25, 0.3) is 10.1 Å². The highest BCUT2D eigenvalue weighted by atomic mass is 35.5. The number of hydrogen-bond donors (Lipinski definition) is 4. The quantitative estimate of drug-likeness (QED) is 0.0563. The van der Waals surface area contributed by atoms with E-state index in [4.69, 9.17) is 16.9 Å². The molecule has 4 rings (SSSR count). The number of benzene rings is 3. The molecule has 0 unspecified atom stereocenters. The molecule has 0 saturated carbocycles. The highest BCUT2D eigenvalue weighted by Crippen LogP contribution is 2.30. The topological polar surface area (TPSA) is 156 Å². The van der Waals surface area contributed by atoms with Crippen LogP contribution in [0.2, 0.25) is 5.28 Å². The van der Waals surface area contributed by atoms with Crippen molar-refractivity contribution in [1.29, 1.82) is 0 Å². The van der Waals surface area contributed by atoms with Crippen LogP contribution < -0.4 is 10.6 Å². The number of rotatable bonds is 10. The molecule has 0 atom stereocenters. The van der Waals surface area contributed by atoms with Gasteiger partial charge >= 0.3 is 0 Å². The third kappa shape index (κ3) is 7.49. The number of hydrogen-bond acceptors (Lipinski definition) is 11.